The first-order valence-electron chi connectivity index (χ1n) is 7.54. The Balaban J connectivity index is 2.02. The van der Waals surface area contributed by atoms with Crippen molar-refractivity contribution in [2.24, 2.45) is 0 Å². The summed E-state index contributed by atoms with van der Waals surface area (Å²) in [7, 11) is 0. The molecule has 22 heavy (non-hydrogen) atoms. The van der Waals surface area contributed by atoms with Gasteiger partial charge in [0.2, 0.25) is 0 Å². The van der Waals surface area contributed by atoms with Crippen molar-refractivity contribution in [1.29, 1.82) is 0 Å². The summed E-state index contributed by atoms with van der Waals surface area (Å²) in [4.78, 5) is 16.1. The molecule has 1 heterocycles. The highest BCUT2D eigenvalue weighted by Crippen LogP contribution is 2.27. The molecule has 0 unspecified atom stereocenters. The van der Waals surface area contributed by atoms with Crippen LogP contribution in [0.25, 0.3) is 0 Å². The van der Waals surface area contributed by atoms with Gasteiger partial charge in [-0.2, -0.15) is 0 Å². The first-order valence-corrected chi connectivity index (χ1v) is 7.92. The number of benzene rings is 1. The second kappa shape index (κ2) is 6.65. The molecule has 0 spiro atoms. The summed E-state index contributed by atoms with van der Waals surface area (Å²) in [6, 6.07) is 5.53. The molecule has 0 radical (unpaired) electrons. The lowest BCUT2D eigenvalue weighted by Gasteiger charge is -2.27. The molecule has 2 N–H and O–H groups in total. The van der Waals surface area contributed by atoms with Gasteiger partial charge in [-0.05, 0) is 45.4 Å². The van der Waals surface area contributed by atoms with E-state index in [0.717, 1.165) is 25.2 Å². The lowest BCUT2D eigenvalue weighted by atomic mass is 10.2. The average molecular weight is 326 g/mol. The number of nitrogens with two attached hydrogens (primary N) is 1. The molecule has 1 aromatic rings. The molecule has 0 saturated carbocycles. The molecule has 1 aliphatic rings. The predicted molar refractivity (Wildman–Crippen MR) is 90.5 cm³/mol. The molecule has 1 aromatic carbocycles. The minimum Gasteiger partial charge on any atom is -0.444 e. The van der Waals surface area contributed by atoms with Crippen molar-refractivity contribution in [3.63, 3.8) is 0 Å². The Hall–Kier alpha value is -1.62. The summed E-state index contributed by atoms with van der Waals surface area (Å²) < 4.78 is 5.44. The van der Waals surface area contributed by atoms with Gasteiger partial charge in [-0.15, -0.1) is 0 Å². The van der Waals surface area contributed by atoms with Crippen LogP contribution in [0.2, 0.25) is 5.02 Å². The summed E-state index contributed by atoms with van der Waals surface area (Å²) in [6.07, 6.45) is 0.625. The number of halogens is 1. The zero-order valence-electron chi connectivity index (χ0n) is 13.4. The third-order valence-electron chi connectivity index (χ3n) is 3.48. The van der Waals surface area contributed by atoms with E-state index in [1.54, 1.807) is 11.0 Å². The zero-order valence-corrected chi connectivity index (χ0v) is 14.2. The third-order valence-corrected chi connectivity index (χ3v) is 3.71. The molecule has 5 nitrogen and oxygen atoms in total. The van der Waals surface area contributed by atoms with E-state index >= 15 is 0 Å². The number of ether oxygens (including phenoxy) is 1. The van der Waals surface area contributed by atoms with Gasteiger partial charge in [0.1, 0.15) is 5.60 Å². The minimum atomic E-state index is -0.469. The van der Waals surface area contributed by atoms with Gasteiger partial charge in [0.15, 0.2) is 0 Å². The largest absolute Gasteiger partial charge is 0.444 e. The van der Waals surface area contributed by atoms with Crippen LogP contribution >= 0.6 is 11.6 Å². The number of hydrogen-bond donors (Lipinski definition) is 1. The first-order chi connectivity index (χ1) is 10.3. The second-order valence-electron chi connectivity index (χ2n) is 6.51. The summed E-state index contributed by atoms with van der Waals surface area (Å²) in [6.45, 7) is 8.53. The van der Waals surface area contributed by atoms with Gasteiger partial charge < -0.3 is 20.3 Å². The molecule has 2 rings (SSSR count). The van der Waals surface area contributed by atoms with Crippen molar-refractivity contribution in [3.8, 4) is 0 Å². The third kappa shape index (κ3) is 4.44. The van der Waals surface area contributed by atoms with Gasteiger partial charge >= 0.3 is 6.09 Å². The van der Waals surface area contributed by atoms with Gasteiger partial charge in [-0.25, -0.2) is 4.79 Å². The highest BCUT2D eigenvalue weighted by molar-refractivity contribution is 6.31. The summed E-state index contributed by atoms with van der Waals surface area (Å²) in [5.74, 6) is 0. The normalized spacial score (nSPS) is 16.4. The van der Waals surface area contributed by atoms with E-state index in [1.807, 2.05) is 32.9 Å². The highest BCUT2D eigenvalue weighted by atomic mass is 35.5. The molecule has 1 saturated heterocycles. The predicted octanol–water partition coefficient (Wildman–Crippen LogP) is 3.37. The van der Waals surface area contributed by atoms with Gasteiger partial charge in [0.25, 0.3) is 0 Å². The van der Waals surface area contributed by atoms with Crippen LogP contribution in [0.15, 0.2) is 18.2 Å². The van der Waals surface area contributed by atoms with Gasteiger partial charge in [-0.3, -0.25) is 0 Å². The van der Waals surface area contributed by atoms with Gasteiger partial charge in [-0.1, -0.05) is 11.6 Å². The smallest absolute Gasteiger partial charge is 0.410 e. The Bertz CT molecular complexity index is 543. The Morgan fingerprint density at radius 3 is 2.59 bits per heavy atom. The van der Waals surface area contributed by atoms with Crippen LogP contribution in [0.5, 0.6) is 0 Å². The fourth-order valence-corrected chi connectivity index (χ4v) is 2.66. The molecule has 0 aromatic heterocycles. The van der Waals surface area contributed by atoms with E-state index in [0.29, 0.717) is 23.8 Å². The molecule has 122 valence electrons. The second-order valence-corrected chi connectivity index (χ2v) is 6.95. The van der Waals surface area contributed by atoms with Crippen molar-refractivity contribution in [1.82, 2.24) is 4.90 Å². The van der Waals surface area contributed by atoms with E-state index in [-0.39, 0.29) is 6.09 Å². The van der Waals surface area contributed by atoms with Crippen molar-refractivity contribution in [2.45, 2.75) is 32.8 Å². The standard InChI is InChI=1S/C16H24ClN3O2/c1-16(2,3)22-15(21)20-8-4-7-19(9-10-20)14-6-5-12(17)11-13(14)18/h5-6,11H,4,7-10,18H2,1-3H3. The van der Waals surface area contributed by atoms with Crippen LogP contribution in [-0.2, 0) is 4.74 Å². The molecule has 1 amide bonds. The number of anilines is 2. The van der Waals surface area contributed by atoms with Crippen molar-refractivity contribution in [3.05, 3.63) is 23.2 Å². The maximum absolute atomic E-state index is 12.2. The van der Waals surface area contributed by atoms with Crippen molar-refractivity contribution >= 4 is 29.1 Å². The lowest BCUT2D eigenvalue weighted by Crippen LogP contribution is -2.39. The Kier molecular flexibility index (Phi) is 5.06. The average Bonchev–Trinajstić information content (AvgIpc) is 2.62. The number of hydrogen-bond acceptors (Lipinski definition) is 4. The Morgan fingerprint density at radius 2 is 1.95 bits per heavy atom. The van der Waals surface area contributed by atoms with Crippen LogP contribution in [0.4, 0.5) is 16.2 Å². The van der Waals surface area contributed by atoms with Crippen molar-refractivity contribution in [2.75, 3.05) is 36.8 Å². The highest BCUT2D eigenvalue weighted by Gasteiger charge is 2.24. The van der Waals surface area contributed by atoms with Crippen LogP contribution in [0.3, 0.4) is 0 Å². The quantitative estimate of drug-likeness (QED) is 0.804. The monoisotopic (exact) mass is 325 g/mol. The number of carbonyl (C=O) groups excluding carboxylic acids is 1. The number of rotatable bonds is 1. The lowest BCUT2D eigenvalue weighted by molar-refractivity contribution is 0.0263. The van der Waals surface area contributed by atoms with E-state index in [9.17, 15) is 4.79 Å². The zero-order chi connectivity index (χ0) is 16.3. The maximum atomic E-state index is 12.2. The molecular weight excluding hydrogens is 302 g/mol. The first kappa shape index (κ1) is 16.7. The van der Waals surface area contributed by atoms with Gasteiger partial charge in [0, 0.05) is 31.2 Å². The molecule has 6 heteroatoms. The van der Waals surface area contributed by atoms with E-state index < -0.39 is 5.60 Å². The fraction of sp³-hybridized carbons (Fsp3) is 0.562. The molecule has 0 aliphatic carbocycles. The van der Waals surface area contributed by atoms with E-state index in [1.165, 1.54) is 0 Å². The molecule has 0 atom stereocenters. The summed E-state index contributed by atoms with van der Waals surface area (Å²) in [5.41, 5.74) is 7.21. The summed E-state index contributed by atoms with van der Waals surface area (Å²) >= 11 is 5.95. The number of nitrogen functional groups attached to an aromatic ring is 1. The summed E-state index contributed by atoms with van der Waals surface area (Å²) in [5, 5.41) is 0.631. The molecular formula is C16H24ClN3O2. The number of amides is 1. The maximum Gasteiger partial charge on any atom is 0.410 e. The van der Waals surface area contributed by atoms with Crippen LogP contribution in [0, 0.1) is 0 Å². The van der Waals surface area contributed by atoms with Crippen LogP contribution < -0.4 is 10.6 Å². The van der Waals surface area contributed by atoms with Crippen LogP contribution in [-0.4, -0.2) is 42.8 Å². The SMILES string of the molecule is CC(C)(C)OC(=O)N1CCCN(c2ccc(Cl)cc2N)CC1. The molecule has 1 aliphatic heterocycles. The van der Waals surface area contributed by atoms with E-state index in [2.05, 4.69) is 4.90 Å². The Labute approximate surface area is 137 Å². The van der Waals surface area contributed by atoms with Crippen LogP contribution in [0.1, 0.15) is 27.2 Å². The number of carbonyl (C=O) groups is 1. The van der Waals surface area contributed by atoms with Crippen molar-refractivity contribution < 1.29 is 9.53 Å². The minimum absolute atomic E-state index is 0.251. The van der Waals surface area contributed by atoms with E-state index in [4.69, 9.17) is 22.1 Å². The Morgan fingerprint density at radius 1 is 1.23 bits per heavy atom. The number of nitrogens with zero attached hydrogens (tertiary/aromatic N) is 2. The van der Waals surface area contributed by atoms with Gasteiger partial charge in [0.05, 0.1) is 11.4 Å². The molecule has 1 fully saturated rings. The molecule has 0 bridgehead atoms. The fourth-order valence-electron chi connectivity index (χ4n) is 2.48. The topological polar surface area (TPSA) is 58.8 Å².